The van der Waals surface area contributed by atoms with Gasteiger partial charge in [0.1, 0.15) is 0 Å². The van der Waals surface area contributed by atoms with E-state index in [1.807, 2.05) is 0 Å². The Hall–Kier alpha value is -0.390. The van der Waals surface area contributed by atoms with Crippen molar-refractivity contribution >= 4 is 0 Å². The highest BCUT2D eigenvalue weighted by Crippen LogP contribution is 2.29. The first kappa shape index (κ1) is 10.6. The minimum atomic E-state index is -4.71. The summed E-state index contributed by atoms with van der Waals surface area (Å²) in [5.41, 5.74) is 0. The Morgan fingerprint density at radius 2 is 1.73 bits per heavy atom. The van der Waals surface area contributed by atoms with Crippen molar-refractivity contribution in [1.29, 1.82) is 0 Å². The summed E-state index contributed by atoms with van der Waals surface area (Å²) < 4.78 is 62.0. The Morgan fingerprint density at radius 1 is 1.27 bits per heavy atom. The van der Waals surface area contributed by atoms with Crippen molar-refractivity contribution in [2.24, 2.45) is 0 Å². The number of alkyl halides is 5. The second kappa shape index (κ2) is 3.85. The molecule has 0 rings (SSSR count). The van der Waals surface area contributed by atoms with Crippen LogP contribution in [-0.4, -0.2) is 25.3 Å². The number of ether oxygens (including phenoxy) is 1. The lowest BCUT2D eigenvalue weighted by Crippen LogP contribution is -2.39. The van der Waals surface area contributed by atoms with Gasteiger partial charge in [-0.05, 0) is 6.92 Å². The Bertz CT molecular complexity index is 115. The fraction of sp³-hybridized carbons (Fsp3) is 1.00. The third-order valence-electron chi connectivity index (χ3n) is 0.907. The lowest BCUT2D eigenvalue weighted by atomic mass is 10.3. The van der Waals surface area contributed by atoms with Crippen LogP contribution < -0.4 is 0 Å². The van der Waals surface area contributed by atoms with Crippen LogP contribution in [-0.2, 0) is 4.74 Å². The minimum Gasteiger partial charge on any atom is -0.344 e. The van der Waals surface area contributed by atoms with Gasteiger partial charge in [-0.25, -0.2) is 13.2 Å². The molecule has 0 N–H and O–H groups in total. The zero-order valence-corrected chi connectivity index (χ0v) is 5.66. The van der Waals surface area contributed by atoms with Gasteiger partial charge in [-0.3, -0.25) is 0 Å². The molecule has 0 aromatic heterocycles. The van der Waals surface area contributed by atoms with Crippen LogP contribution in [0.15, 0.2) is 0 Å². The summed E-state index contributed by atoms with van der Waals surface area (Å²) >= 11 is 0. The summed E-state index contributed by atoms with van der Waals surface area (Å²) in [6.45, 7) is 0.859. The molecule has 68 valence electrons. The summed E-state index contributed by atoms with van der Waals surface area (Å²) in [6.07, 6.45) is -7.27. The van der Waals surface area contributed by atoms with Crippen molar-refractivity contribution in [3.63, 3.8) is 0 Å². The molecule has 0 aromatic carbocycles. The highest BCUT2D eigenvalue weighted by molar-refractivity contribution is 4.72. The fourth-order valence-corrected chi connectivity index (χ4v) is 0.356. The van der Waals surface area contributed by atoms with Crippen molar-refractivity contribution in [2.75, 3.05) is 6.61 Å². The molecule has 0 fully saturated rings. The molecular weight excluding hydrogens is 171 g/mol. The maximum Gasteiger partial charge on any atom is 0.361 e. The number of rotatable bonds is 4. The van der Waals surface area contributed by atoms with Gasteiger partial charge >= 0.3 is 12.3 Å². The molecule has 11 heavy (non-hydrogen) atoms. The first-order chi connectivity index (χ1) is 4.92. The van der Waals surface area contributed by atoms with Crippen LogP contribution in [0.5, 0.6) is 0 Å². The molecule has 0 aliphatic carbocycles. The summed E-state index contributed by atoms with van der Waals surface area (Å²) in [5, 5.41) is 0. The molecular formula is C5H7F5O. The predicted molar refractivity (Wildman–Crippen MR) is 27.5 cm³/mol. The van der Waals surface area contributed by atoms with Crippen LogP contribution in [0.1, 0.15) is 6.92 Å². The summed E-state index contributed by atoms with van der Waals surface area (Å²) in [7, 11) is 0. The van der Waals surface area contributed by atoms with E-state index in [4.69, 9.17) is 0 Å². The first-order valence-corrected chi connectivity index (χ1v) is 2.84. The van der Waals surface area contributed by atoms with Crippen LogP contribution in [0, 0.1) is 0 Å². The Kier molecular flexibility index (Phi) is 3.71. The fourth-order valence-electron chi connectivity index (χ4n) is 0.356. The molecule has 0 amide bonds. The quantitative estimate of drug-likeness (QED) is 0.599. The van der Waals surface area contributed by atoms with Crippen LogP contribution in [0.25, 0.3) is 0 Å². The summed E-state index contributed by atoms with van der Waals surface area (Å²) in [6, 6.07) is 0. The van der Waals surface area contributed by atoms with E-state index < -0.39 is 18.7 Å². The maximum atomic E-state index is 12.0. The zero-order valence-electron chi connectivity index (χ0n) is 5.66. The second-order valence-corrected chi connectivity index (χ2v) is 1.75. The van der Waals surface area contributed by atoms with Gasteiger partial charge < -0.3 is 4.74 Å². The highest BCUT2D eigenvalue weighted by Gasteiger charge is 2.50. The molecule has 0 bridgehead atoms. The van der Waals surface area contributed by atoms with E-state index in [0.717, 1.165) is 0 Å². The van der Waals surface area contributed by atoms with E-state index in [2.05, 4.69) is 4.74 Å². The van der Waals surface area contributed by atoms with Crippen molar-refractivity contribution < 1.29 is 26.7 Å². The van der Waals surface area contributed by atoms with Crippen LogP contribution in [0.2, 0.25) is 0 Å². The number of hydrogen-bond donors (Lipinski definition) is 0. The summed E-state index contributed by atoms with van der Waals surface area (Å²) in [4.78, 5) is 0. The van der Waals surface area contributed by atoms with Gasteiger partial charge in [-0.2, -0.15) is 8.78 Å². The average Bonchev–Trinajstić information content (AvgIpc) is 1.88. The maximum absolute atomic E-state index is 12.0. The van der Waals surface area contributed by atoms with Gasteiger partial charge in [0.05, 0.1) is 0 Å². The van der Waals surface area contributed by atoms with Crippen LogP contribution in [0.4, 0.5) is 22.0 Å². The molecule has 0 saturated heterocycles. The molecule has 1 nitrogen and oxygen atoms in total. The largest absolute Gasteiger partial charge is 0.361 e. The molecule has 0 radical (unpaired) electrons. The molecule has 0 aliphatic rings. The van der Waals surface area contributed by atoms with E-state index in [0.29, 0.717) is 0 Å². The molecule has 0 saturated carbocycles. The van der Waals surface area contributed by atoms with E-state index in [9.17, 15) is 22.0 Å². The van der Waals surface area contributed by atoms with E-state index in [1.165, 1.54) is 6.92 Å². The normalized spacial score (nSPS) is 15.5. The Morgan fingerprint density at radius 3 is 2.00 bits per heavy atom. The summed E-state index contributed by atoms with van der Waals surface area (Å²) in [5.74, 6) is -4.71. The lowest BCUT2D eigenvalue weighted by Gasteiger charge is -2.18. The molecule has 0 heterocycles. The molecule has 1 atom stereocenters. The van der Waals surface area contributed by atoms with Crippen molar-refractivity contribution in [3.05, 3.63) is 0 Å². The van der Waals surface area contributed by atoms with Gasteiger partial charge in [-0.1, -0.05) is 0 Å². The van der Waals surface area contributed by atoms with Crippen molar-refractivity contribution in [3.8, 4) is 0 Å². The predicted octanol–water partition coefficient (Wildman–Crippen LogP) is 2.22. The van der Waals surface area contributed by atoms with E-state index in [1.54, 1.807) is 0 Å². The molecule has 6 heteroatoms. The first-order valence-electron chi connectivity index (χ1n) is 2.84. The lowest BCUT2D eigenvalue weighted by molar-refractivity contribution is -0.247. The van der Waals surface area contributed by atoms with E-state index >= 15 is 0 Å². The van der Waals surface area contributed by atoms with Gasteiger partial charge in [-0.15, -0.1) is 0 Å². The highest BCUT2D eigenvalue weighted by atomic mass is 19.3. The van der Waals surface area contributed by atoms with Gasteiger partial charge in [0.15, 0.2) is 0 Å². The smallest absolute Gasteiger partial charge is 0.344 e. The standard InChI is InChI=1S/C5H7F5O/c1-2-11-4(8)5(9,10)3(6)7/h3-4H,2H2,1H3. The van der Waals surface area contributed by atoms with Gasteiger partial charge in [0.25, 0.3) is 6.36 Å². The Labute approximate surface area is 60.1 Å². The van der Waals surface area contributed by atoms with Crippen molar-refractivity contribution in [2.45, 2.75) is 25.6 Å². The molecule has 0 spiro atoms. The third-order valence-corrected chi connectivity index (χ3v) is 0.907. The minimum absolute atomic E-state index is 0.372. The molecule has 0 aromatic rings. The third kappa shape index (κ3) is 2.61. The Balaban J connectivity index is 4.05. The number of halogens is 5. The van der Waals surface area contributed by atoms with Crippen LogP contribution in [0.3, 0.4) is 0 Å². The number of hydrogen-bond acceptors (Lipinski definition) is 1. The second-order valence-electron chi connectivity index (χ2n) is 1.75. The van der Waals surface area contributed by atoms with Crippen LogP contribution >= 0.6 is 0 Å². The zero-order chi connectivity index (χ0) is 9.07. The monoisotopic (exact) mass is 178 g/mol. The SMILES string of the molecule is CCOC(F)C(F)(F)C(F)F. The van der Waals surface area contributed by atoms with Gasteiger partial charge in [0.2, 0.25) is 0 Å². The topological polar surface area (TPSA) is 9.23 Å². The van der Waals surface area contributed by atoms with Crippen molar-refractivity contribution in [1.82, 2.24) is 0 Å². The average molecular weight is 178 g/mol. The van der Waals surface area contributed by atoms with Gasteiger partial charge in [0, 0.05) is 6.61 Å². The van der Waals surface area contributed by atoms with E-state index in [-0.39, 0.29) is 6.61 Å². The molecule has 0 aliphatic heterocycles. The molecule has 1 unspecified atom stereocenters.